The maximum atomic E-state index is 13.4. The van der Waals surface area contributed by atoms with Crippen LogP contribution in [0.15, 0.2) is 35.5 Å². The van der Waals surface area contributed by atoms with Crippen molar-refractivity contribution in [3.8, 4) is 0 Å². The predicted octanol–water partition coefficient (Wildman–Crippen LogP) is 4.56. The van der Waals surface area contributed by atoms with Crippen molar-refractivity contribution >= 4 is 11.9 Å². The van der Waals surface area contributed by atoms with Crippen LogP contribution in [0.3, 0.4) is 0 Å². The highest BCUT2D eigenvalue weighted by Crippen LogP contribution is 2.41. The van der Waals surface area contributed by atoms with Crippen molar-refractivity contribution in [2.45, 2.75) is 52.1 Å². The molecule has 7 heteroatoms. The van der Waals surface area contributed by atoms with Crippen molar-refractivity contribution in [1.82, 2.24) is 5.32 Å². The summed E-state index contributed by atoms with van der Waals surface area (Å²) >= 11 is 0. The molecule has 1 unspecified atom stereocenters. The Bertz CT molecular complexity index is 736. The van der Waals surface area contributed by atoms with Crippen molar-refractivity contribution < 1.29 is 27.5 Å². The Hall–Kier alpha value is -2.31. The number of allylic oxidation sites excluding steroid dienone is 1. The molecule has 2 rings (SSSR count). The molecule has 0 aromatic heterocycles. The monoisotopic (exact) mass is 383 g/mol. The molecule has 0 bridgehead atoms. The fraction of sp³-hybridized carbons (Fsp3) is 0.500. The van der Waals surface area contributed by atoms with Crippen molar-refractivity contribution in [2.24, 2.45) is 5.92 Å². The number of nitrogens with one attached hydrogen (secondary N) is 1. The number of esters is 1. The molecule has 1 N–H and O–H groups in total. The molecule has 27 heavy (non-hydrogen) atoms. The number of amides is 1. The van der Waals surface area contributed by atoms with Gasteiger partial charge in [0.2, 0.25) is 5.91 Å². The second kappa shape index (κ2) is 8.59. The number of rotatable bonds is 6. The van der Waals surface area contributed by atoms with Gasteiger partial charge in [-0.2, -0.15) is 13.2 Å². The highest BCUT2D eigenvalue weighted by molar-refractivity contribution is 5.96. The minimum Gasteiger partial charge on any atom is -0.462 e. The summed E-state index contributed by atoms with van der Waals surface area (Å²) in [5.74, 6) is -1.91. The largest absolute Gasteiger partial charge is 0.462 e. The first kappa shape index (κ1) is 21.0. The van der Waals surface area contributed by atoms with Gasteiger partial charge in [-0.15, -0.1) is 0 Å². The van der Waals surface area contributed by atoms with Gasteiger partial charge >= 0.3 is 12.1 Å². The normalized spacial score (nSPS) is 17.9. The fourth-order valence-electron chi connectivity index (χ4n) is 3.29. The van der Waals surface area contributed by atoms with Crippen LogP contribution in [-0.2, 0) is 20.5 Å². The van der Waals surface area contributed by atoms with Crippen LogP contribution in [0.5, 0.6) is 0 Å². The van der Waals surface area contributed by atoms with E-state index in [0.717, 1.165) is 18.9 Å². The van der Waals surface area contributed by atoms with Crippen LogP contribution in [0.4, 0.5) is 13.2 Å². The lowest BCUT2D eigenvalue weighted by atomic mass is 9.82. The van der Waals surface area contributed by atoms with Crippen LogP contribution in [0.2, 0.25) is 0 Å². The van der Waals surface area contributed by atoms with Gasteiger partial charge in [0.15, 0.2) is 0 Å². The van der Waals surface area contributed by atoms with E-state index < -0.39 is 29.5 Å². The van der Waals surface area contributed by atoms with Crippen LogP contribution < -0.4 is 5.32 Å². The third-order valence-corrected chi connectivity index (χ3v) is 4.94. The number of ether oxygens (including phenoxy) is 1. The first-order valence-corrected chi connectivity index (χ1v) is 9.02. The maximum Gasteiger partial charge on any atom is 0.416 e. The zero-order valence-corrected chi connectivity index (χ0v) is 15.7. The van der Waals surface area contributed by atoms with E-state index >= 15 is 0 Å². The second-order valence-corrected chi connectivity index (χ2v) is 6.71. The van der Waals surface area contributed by atoms with Gasteiger partial charge in [-0.3, -0.25) is 4.79 Å². The molecule has 0 aliphatic carbocycles. The van der Waals surface area contributed by atoms with Gasteiger partial charge in [0.25, 0.3) is 0 Å². The van der Waals surface area contributed by atoms with E-state index in [4.69, 9.17) is 4.74 Å². The molecular weight excluding hydrogens is 359 g/mol. The summed E-state index contributed by atoms with van der Waals surface area (Å²) in [5.41, 5.74) is -0.614. The molecule has 1 heterocycles. The Labute approximate surface area is 156 Å². The SMILES string of the molecule is CCC(CC)COC(=O)C1=C(C)NC(=O)CC1c1ccccc1C(F)(F)F. The number of benzene rings is 1. The van der Waals surface area contributed by atoms with E-state index in [2.05, 4.69) is 5.32 Å². The Morgan fingerprint density at radius 3 is 2.48 bits per heavy atom. The average Bonchev–Trinajstić information content (AvgIpc) is 2.61. The number of halogens is 3. The lowest BCUT2D eigenvalue weighted by Crippen LogP contribution is -2.35. The van der Waals surface area contributed by atoms with Crippen molar-refractivity contribution in [3.63, 3.8) is 0 Å². The zero-order valence-electron chi connectivity index (χ0n) is 15.7. The molecule has 1 amide bonds. The van der Waals surface area contributed by atoms with Gasteiger partial charge in [-0.25, -0.2) is 4.79 Å². The minimum absolute atomic E-state index is 0.0808. The summed E-state index contributed by atoms with van der Waals surface area (Å²) in [7, 11) is 0. The van der Waals surface area contributed by atoms with Gasteiger partial charge in [-0.05, 0) is 24.5 Å². The van der Waals surface area contributed by atoms with E-state index in [9.17, 15) is 22.8 Å². The Kier molecular flexibility index (Phi) is 6.68. The Balaban J connectivity index is 2.41. The van der Waals surface area contributed by atoms with E-state index in [1.165, 1.54) is 25.1 Å². The van der Waals surface area contributed by atoms with Crippen molar-refractivity contribution in [3.05, 3.63) is 46.7 Å². The molecule has 0 radical (unpaired) electrons. The predicted molar refractivity (Wildman–Crippen MR) is 94.7 cm³/mol. The lowest BCUT2D eigenvalue weighted by molar-refractivity contribution is -0.142. The second-order valence-electron chi connectivity index (χ2n) is 6.71. The summed E-state index contributed by atoms with van der Waals surface area (Å²) < 4.78 is 45.7. The molecule has 1 atom stereocenters. The first-order valence-electron chi connectivity index (χ1n) is 9.02. The number of carbonyl (C=O) groups is 2. The number of alkyl halides is 3. The molecule has 1 aliphatic heterocycles. The quantitative estimate of drug-likeness (QED) is 0.733. The summed E-state index contributed by atoms with van der Waals surface area (Å²) in [6, 6.07) is 5.04. The molecule has 0 saturated carbocycles. The summed E-state index contributed by atoms with van der Waals surface area (Å²) in [5, 5.41) is 2.54. The maximum absolute atomic E-state index is 13.4. The van der Waals surface area contributed by atoms with Gasteiger partial charge in [0.05, 0.1) is 17.7 Å². The molecule has 1 aromatic carbocycles. The molecule has 148 valence electrons. The van der Waals surface area contributed by atoms with Crippen LogP contribution in [0.25, 0.3) is 0 Å². The minimum atomic E-state index is -4.58. The van der Waals surface area contributed by atoms with Crippen LogP contribution >= 0.6 is 0 Å². The number of hydrogen-bond acceptors (Lipinski definition) is 3. The molecular formula is C20H24F3NO3. The number of carbonyl (C=O) groups excluding carboxylic acids is 2. The standard InChI is InChI=1S/C20H24F3NO3/c1-4-13(5-2)11-27-19(26)18-12(3)24-17(25)10-15(18)14-8-6-7-9-16(14)20(21,22)23/h6-9,13,15H,4-5,10-11H2,1-3H3,(H,24,25). The van der Waals surface area contributed by atoms with Crippen molar-refractivity contribution in [1.29, 1.82) is 0 Å². The van der Waals surface area contributed by atoms with Gasteiger partial charge in [0.1, 0.15) is 0 Å². The number of hydrogen-bond donors (Lipinski definition) is 1. The van der Waals surface area contributed by atoms with E-state index in [-0.39, 0.29) is 35.8 Å². The highest BCUT2D eigenvalue weighted by Gasteiger charge is 2.40. The Morgan fingerprint density at radius 2 is 1.89 bits per heavy atom. The van der Waals surface area contributed by atoms with Gasteiger partial charge in [0, 0.05) is 18.0 Å². The van der Waals surface area contributed by atoms with E-state index in [1.54, 1.807) is 0 Å². The molecule has 0 fully saturated rings. The Morgan fingerprint density at radius 1 is 1.26 bits per heavy atom. The summed E-state index contributed by atoms with van der Waals surface area (Å²) in [4.78, 5) is 24.7. The fourth-order valence-corrected chi connectivity index (χ4v) is 3.29. The smallest absolute Gasteiger partial charge is 0.416 e. The topological polar surface area (TPSA) is 55.4 Å². The van der Waals surface area contributed by atoms with Gasteiger partial charge in [-0.1, -0.05) is 44.9 Å². The average molecular weight is 383 g/mol. The van der Waals surface area contributed by atoms with Crippen LogP contribution in [-0.4, -0.2) is 18.5 Å². The molecule has 4 nitrogen and oxygen atoms in total. The van der Waals surface area contributed by atoms with E-state index in [0.29, 0.717) is 0 Å². The molecule has 1 aliphatic rings. The highest BCUT2D eigenvalue weighted by atomic mass is 19.4. The molecule has 0 saturated heterocycles. The summed E-state index contributed by atoms with van der Waals surface area (Å²) in [6.07, 6.45) is -3.15. The molecule has 0 spiro atoms. The zero-order chi connectivity index (χ0) is 20.2. The van der Waals surface area contributed by atoms with Crippen molar-refractivity contribution in [2.75, 3.05) is 6.61 Å². The van der Waals surface area contributed by atoms with Gasteiger partial charge < -0.3 is 10.1 Å². The summed E-state index contributed by atoms with van der Waals surface area (Å²) in [6.45, 7) is 5.67. The molecule has 1 aromatic rings. The third kappa shape index (κ3) is 4.90. The first-order chi connectivity index (χ1) is 12.7. The third-order valence-electron chi connectivity index (χ3n) is 4.94. The lowest BCUT2D eigenvalue weighted by Gasteiger charge is -2.28. The van der Waals surface area contributed by atoms with E-state index in [1.807, 2.05) is 13.8 Å². The van der Waals surface area contributed by atoms with Crippen LogP contribution in [0, 0.1) is 5.92 Å². The van der Waals surface area contributed by atoms with Crippen LogP contribution in [0.1, 0.15) is 57.1 Å².